The van der Waals surface area contributed by atoms with Crippen LogP contribution in [0.5, 0.6) is 5.75 Å². The van der Waals surface area contributed by atoms with Crippen molar-refractivity contribution in [2.24, 2.45) is 0 Å². The fraction of sp³-hybridized carbons (Fsp3) is 0.357. The van der Waals surface area contributed by atoms with Gasteiger partial charge in [-0.05, 0) is 13.0 Å². The average Bonchev–Trinajstić information content (AvgIpc) is 2.54. The molecular formula is C14H15ClN2O6. The zero-order valence-electron chi connectivity index (χ0n) is 12.4. The molecule has 1 aromatic rings. The summed E-state index contributed by atoms with van der Waals surface area (Å²) in [5.41, 5.74) is -0.127. The lowest BCUT2D eigenvalue weighted by Crippen LogP contribution is -2.40. The van der Waals surface area contributed by atoms with E-state index in [2.05, 4.69) is 0 Å². The molecule has 0 unspecified atom stereocenters. The van der Waals surface area contributed by atoms with Crippen molar-refractivity contribution in [1.82, 2.24) is 4.90 Å². The van der Waals surface area contributed by atoms with E-state index in [4.69, 9.17) is 25.8 Å². The summed E-state index contributed by atoms with van der Waals surface area (Å²) in [7, 11) is 0. The number of hydrogen-bond donors (Lipinski definition) is 0. The lowest BCUT2D eigenvalue weighted by atomic mass is 10.3. The summed E-state index contributed by atoms with van der Waals surface area (Å²) in [6.45, 7) is 2.98. The van der Waals surface area contributed by atoms with Crippen LogP contribution >= 0.6 is 11.6 Å². The number of nitrogens with zero attached hydrogens (tertiary/aromatic N) is 2. The number of carbonyl (C=O) groups is 1. The number of amides is 1. The minimum Gasteiger partial charge on any atom is -0.491 e. The summed E-state index contributed by atoms with van der Waals surface area (Å²) in [5.74, 6) is 0.681. The Bertz CT molecular complexity index is 634. The molecule has 8 nitrogen and oxygen atoms in total. The molecule has 0 N–H and O–H groups in total. The van der Waals surface area contributed by atoms with E-state index in [1.165, 1.54) is 29.4 Å². The molecule has 1 aliphatic heterocycles. The first-order chi connectivity index (χ1) is 11.0. The highest BCUT2D eigenvalue weighted by molar-refractivity contribution is 6.32. The number of nitro benzene ring substituents is 1. The van der Waals surface area contributed by atoms with Crippen LogP contribution in [-0.4, -0.2) is 42.2 Å². The standard InChI is InChI=1S/C14H15ClN2O6/c1-2-21-14(18)16-5-6-22-11(8-16)9-23-13-4-3-10(17(19)20)7-12(13)15/h3-4,7,9H,2,5-6,8H2,1H3. The smallest absolute Gasteiger partial charge is 0.410 e. The maximum absolute atomic E-state index is 11.7. The van der Waals surface area contributed by atoms with Crippen LogP contribution in [0.25, 0.3) is 0 Å². The zero-order valence-corrected chi connectivity index (χ0v) is 13.1. The van der Waals surface area contributed by atoms with Gasteiger partial charge in [-0.1, -0.05) is 11.6 Å². The molecule has 1 amide bonds. The third kappa shape index (κ3) is 4.49. The first-order valence-corrected chi connectivity index (χ1v) is 7.23. The molecule has 0 spiro atoms. The second-order valence-corrected chi connectivity index (χ2v) is 4.95. The van der Waals surface area contributed by atoms with E-state index in [0.29, 0.717) is 25.5 Å². The molecule has 0 saturated carbocycles. The van der Waals surface area contributed by atoms with Crippen LogP contribution in [0.15, 0.2) is 30.2 Å². The number of hydrogen-bond acceptors (Lipinski definition) is 6. The predicted molar refractivity (Wildman–Crippen MR) is 81.4 cm³/mol. The highest BCUT2D eigenvalue weighted by Gasteiger charge is 2.21. The largest absolute Gasteiger partial charge is 0.491 e. The molecule has 1 fully saturated rings. The highest BCUT2D eigenvalue weighted by Crippen LogP contribution is 2.29. The normalized spacial score (nSPS) is 15.9. The lowest BCUT2D eigenvalue weighted by molar-refractivity contribution is -0.384. The van der Waals surface area contributed by atoms with E-state index in [1.807, 2.05) is 0 Å². The summed E-state index contributed by atoms with van der Waals surface area (Å²) in [6.07, 6.45) is 0.897. The van der Waals surface area contributed by atoms with Gasteiger partial charge < -0.3 is 14.2 Å². The SMILES string of the molecule is CCOC(=O)N1CCOC(=COc2ccc([N+](=O)[O-])cc2Cl)C1. The van der Waals surface area contributed by atoms with Crippen LogP contribution in [0.1, 0.15) is 6.92 Å². The van der Waals surface area contributed by atoms with E-state index in [1.54, 1.807) is 6.92 Å². The minimum atomic E-state index is -0.546. The van der Waals surface area contributed by atoms with Crippen molar-refractivity contribution in [3.8, 4) is 5.75 Å². The molecular weight excluding hydrogens is 328 g/mol. The predicted octanol–water partition coefficient (Wildman–Crippen LogP) is 2.96. The molecule has 0 aromatic heterocycles. The maximum Gasteiger partial charge on any atom is 0.410 e. The third-order valence-corrected chi connectivity index (χ3v) is 3.26. The van der Waals surface area contributed by atoms with Crippen LogP contribution in [0.2, 0.25) is 5.02 Å². The zero-order chi connectivity index (χ0) is 16.8. The second kappa shape index (κ2) is 7.68. The number of nitro groups is 1. The molecule has 1 heterocycles. The summed E-state index contributed by atoms with van der Waals surface area (Å²) in [4.78, 5) is 23.3. The Morgan fingerprint density at radius 3 is 3.00 bits per heavy atom. The molecule has 1 aromatic carbocycles. The van der Waals surface area contributed by atoms with E-state index in [-0.39, 0.29) is 23.0 Å². The van der Waals surface area contributed by atoms with Gasteiger partial charge in [0.05, 0.1) is 29.6 Å². The highest BCUT2D eigenvalue weighted by atomic mass is 35.5. The van der Waals surface area contributed by atoms with Gasteiger partial charge in [-0.2, -0.15) is 0 Å². The molecule has 2 rings (SSSR count). The van der Waals surface area contributed by atoms with Gasteiger partial charge in [0.1, 0.15) is 18.6 Å². The third-order valence-electron chi connectivity index (χ3n) is 2.96. The van der Waals surface area contributed by atoms with Gasteiger partial charge in [-0.15, -0.1) is 0 Å². The van der Waals surface area contributed by atoms with Crippen molar-refractivity contribution in [3.63, 3.8) is 0 Å². The monoisotopic (exact) mass is 342 g/mol. The summed E-state index contributed by atoms with van der Waals surface area (Å²) in [5, 5.41) is 10.8. The number of halogens is 1. The van der Waals surface area contributed by atoms with Crippen molar-refractivity contribution < 1.29 is 23.9 Å². The second-order valence-electron chi connectivity index (χ2n) is 4.54. The van der Waals surface area contributed by atoms with E-state index in [0.717, 1.165) is 0 Å². The van der Waals surface area contributed by atoms with E-state index in [9.17, 15) is 14.9 Å². The number of carbonyl (C=O) groups excluding carboxylic acids is 1. The van der Waals surface area contributed by atoms with Crippen LogP contribution in [0, 0.1) is 10.1 Å². The molecule has 1 saturated heterocycles. The summed E-state index contributed by atoms with van der Waals surface area (Å²) in [6, 6.07) is 3.87. The summed E-state index contributed by atoms with van der Waals surface area (Å²) >= 11 is 5.93. The van der Waals surface area contributed by atoms with Gasteiger partial charge in [0.25, 0.3) is 5.69 Å². The summed E-state index contributed by atoms with van der Waals surface area (Å²) < 4.78 is 15.7. The Morgan fingerprint density at radius 2 is 2.35 bits per heavy atom. The van der Waals surface area contributed by atoms with Crippen molar-refractivity contribution in [2.45, 2.75) is 6.92 Å². The van der Waals surface area contributed by atoms with Gasteiger partial charge in [0, 0.05) is 12.1 Å². The van der Waals surface area contributed by atoms with Gasteiger partial charge in [0.2, 0.25) is 0 Å². The molecule has 0 bridgehead atoms. The molecule has 9 heteroatoms. The van der Waals surface area contributed by atoms with Gasteiger partial charge in [0.15, 0.2) is 5.76 Å². The van der Waals surface area contributed by atoms with E-state index >= 15 is 0 Å². The number of rotatable bonds is 4. The molecule has 0 atom stereocenters. The molecule has 23 heavy (non-hydrogen) atoms. The Balaban J connectivity index is 2.02. The van der Waals surface area contributed by atoms with Gasteiger partial charge >= 0.3 is 6.09 Å². The van der Waals surface area contributed by atoms with Crippen LogP contribution in [-0.2, 0) is 9.47 Å². The van der Waals surface area contributed by atoms with Crippen molar-refractivity contribution in [1.29, 1.82) is 0 Å². The minimum absolute atomic E-state index is 0.106. The molecule has 1 aliphatic rings. The Morgan fingerprint density at radius 1 is 1.57 bits per heavy atom. The fourth-order valence-electron chi connectivity index (χ4n) is 1.87. The van der Waals surface area contributed by atoms with Crippen LogP contribution in [0.3, 0.4) is 0 Å². The Kier molecular flexibility index (Phi) is 5.64. The lowest BCUT2D eigenvalue weighted by Gasteiger charge is -2.27. The number of non-ortho nitro benzene ring substituents is 1. The first kappa shape index (κ1) is 16.9. The van der Waals surface area contributed by atoms with Gasteiger partial charge in [-0.3, -0.25) is 15.0 Å². The van der Waals surface area contributed by atoms with E-state index < -0.39 is 11.0 Å². The van der Waals surface area contributed by atoms with Crippen molar-refractivity contribution >= 4 is 23.4 Å². The number of morpholine rings is 1. The van der Waals surface area contributed by atoms with Gasteiger partial charge in [-0.25, -0.2) is 4.79 Å². The Labute approximate surface area is 137 Å². The quantitative estimate of drug-likeness (QED) is 0.474. The molecule has 124 valence electrons. The van der Waals surface area contributed by atoms with Crippen LogP contribution in [0.4, 0.5) is 10.5 Å². The number of benzene rings is 1. The molecule has 0 aliphatic carbocycles. The average molecular weight is 343 g/mol. The maximum atomic E-state index is 11.7. The Hall–Kier alpha value is -2.48. The van der Waals surface area contributed by atoms with Crippen molar-refractivity contribution in [3.05, 3.63) is 45.4 Å². The fourth-order valence-corrected chi connectivity index (χ4v) is 2.09. The number of ether oxygens (including phenoxy) is 3. The van der Waals surface area contributed by atoms with Crippen molar-refractivity contribution in [2.75, 3.05) is 26.3 Å². The first-order valence-electron chi connectivity index (χ1n) is 6.85. The van der Waals surface area contributed by atoms with Crippen LogP contribution < -0.4 is 4.74 Å². The molecule has 0 radical (unpaired) electrons. The topological polar surface area (TPSA) is 91.1 Å².